The lowest BCUT2D eigenvalue weighted by Gasteiger charge is -2.32. The lowest BCUT2D eigenvalue weighted by molar-refractivity contribution is -0.129. The van der Waals surface area contributed by atoms with Gasteiger partial charge >= 0.3 is 0 Å². The maximum Gasteiger partial charge on any atom is 0.232 e. The zero-order valence-electron chi connectivity index (χ0n) is 14.4. The number of benzene rings is 2. The van der Waals surface area contributed by atoms with Crippen molar-refractivity contribution in [2.45, 2.75) is 23.7 Å². The van der Waals surface area contributed by atoms with Crippen molar-refractivity contribution in [2.75, 3.05) is 26.0 Å². The third kappa shape index (κ3) is 4.69. The Kier molecular flexibility index (Phi) is 5.87. The van der Waals surface area contributed by atoms with Crippen LogP contribution in [0.1, 0.15) is 24.3 Å². The second-order valence-corrected chi connectivity index (χ2v) is 7.27. The number of hydrogen-bond acceptors (Lipinski definition) is 4. The van der Waals surface area contributed by atoms with Crippen LogP contribution in [0.15, 0.2) is 53.4 Å². The van der Waals surface area contributed by atoms with E-state index in [1.54, 1.807) is 24.9 Å². The molecule has 1 N–H and O–H groups in total. The molecule has 0 unspecified atom stereocenters. The summed E-state index contributed by atoms with van der Waals surface area (Å²) in [5.41, 5.74) is 1.16. The lowest BCUT2D eigenvalue weighted by atomic mass is 9.89. The van der Waals surface area contributed by atoms with Gasteiger partial charge in [-0.05, 0) is 54.7 Å². The van der Waals surface area contributed by atoms with Gasteiger partial charge in [0.25, 0.3) is 0 Å². The normalized spacial score (nSPS) is 15.2. The lowest BCUT2D eigenvalue weighted by Crippen LogP contribution is -2.38. The summed E-state index contributed by atoms with van der Waals surface area (Å²) in [6, 6.07) is 15.2. The maximum absolute atomic E-state index is 12.5. The molecule has 3 rings (SSSR count). The van der Waals surface area contributed by atoms with Crippen LogP contribution in [0, 0.1) is 0 Å². The molecule has 1 saturated heterocycles. The first-order chi connectivity index (χ1) is 12.2. The number of methoxy groups -OCH3 is 1. The quantitative estimate of drug-likeness (QED) is 0.825. The molecule has 0 spiro atoms. The molecule has 1 fully saturated rings. The first-order valence-electron chi connectivity index (χ1n) is 8.49. The Hall–Kier alpha value is -2.14. The van der Waals surface area contributed by atoms with Crippen molar-refractivity contribution >= 4 is 17.7 Å². The number of carbonyl (C=O) groups excluding carboxylic acids is 1. The molecule has 4 nitrogen and oxygen atoms in total. The molecule has 0 aromatic heterocycles. The average Bonchev–Trinajstić information content (AvgIpc) is 2.66. The summed E-state index contributed by atoms with van der Waals surface area (Å²) in [5.74, 6) is 2.17. The Morgan fingerprint density at radius 1 is 1.20 bits per heavy atom. The third-order valence-corrected chi connectivity index (χ3v) is 5.57. The molecule has 1 heterocycles. The minimum absolute atomic E-state index is 0.183. The second-order valence-electron chi connectivity index (χ2n) is 6.22. The molecule has 0 bridgehead atoms. The number of carbonyl (C=O) groups is 1. The van der Waals surface area contributed by atoms with E-state index in [4.69, 9.17) is 4.74 Å². The summed E-state index contributed by atoms with van der Waals surface area (Å²) in [5, 5.41) is 9.62. The van der Waals surface area contributed by atoms with Crippen LogP contribution >= 0.6 is 11.8 Å². The van der Waals surface area contributed by atoms with Gasteiger partial charge in [0.2, 0.25) is 5.91 Å². The third-order valence-electron chi connectivity index (χ3n) is 4.59. The molecule has 0 aliphatic carbocycles. The number of phenolic OH excluding ortho intramolecular Hbond substituents is 1. The van der Waals surface area contributed by atoms with Crippen LogP contribution in [-0.2, 0) is 4.79 Å². The maximum atomic E-state index is 12.5. The number of amides is 1. The molecule has 132 valence electrons. The predicted molar refractivity (Wildman–Crippen MR) is 100 cm³/mol. The van der Waals surface area contributed by atoms with Crippen LogP contribution in [-0.4, -0.2) is 41.9 Å². The molecular formula is C20H23NO3S. The van der Waals surface area contributed by atoms with Crippen molar-refractivity contribution in [3.05, 3.63) is 54.1 Å². The molecule has 0 radical (unpaired) electrons. The summed E-state index contributed by atoms with van der Waals surface area (Å²) in [7, 11) is 1.64. The van der Waals surface area contributed by atoms with Crippen molar-refractivity contribution in [1.29, 1.82) is 0 Å². The molecule has 1 aliphatic rings. The van der Waals surface area contributed by atoms with E-state index in [-0.39, 0.29) is 5.91 Å². The number of aromatic hydroxyl groups is 1. The zero-order chi connectivity index (χ0) is 17.6. The van der Waals surface area contributed by atoms with Crippen molar-refractivity contribution in [1.82, 2.24) is 4.90 Å². The monoisotopic (exact) mass is 357 g/mol. The van der Waals surface area contributed by atoms with Gasteiger partial charge in [-0.25, -0.2) is 0 Å². The predicted octanol–water partition coefficient (Wildman–Crippen LogP) is 3.90. The second kappa shape index (κ2) is 8.30. The van der Waals surface area contributed by atoms with E-state index in [0.717, 1.165) is 42.1 Å². The van der Waals surface area contributed by atoms with Crippen LogP contribution in [0.3, 0.4) is 0 Å². The van der Waals surface area contributed by atoms with E-state index in [0.29, 0.717) is 17.4 Å². The van der Waals surface area contributed by atoms with Gasteiger partial charge in [0, 0.05) is 18.0 Å². The van der Waals surface area contributed by atoms with Crippen LogP contribution in [0.5, 0.6) is 11.5 Å². The van der Waals surface area contributed by atoms with Gasteiger partial charge < -0.3 is 14.7 Å². The average molecular weight is 357 g/mol. The summed E-state index contributed by atoms with van der Waals surface area (Å²) in [4.78, 5) is 15.5. The van der Waals surface area contributed by atoms with Crippen molar-refractivity contribution in [3.8, 4) is 11.5 Å². The van der Waals surface area contributed by atoms with Gasteiger partial charge in [0.15, 0.2) is 0 Å². The number of ether oxygens (including phenoxy) is 1. The molecule has 25 heavy (non-hydrogen) atoms. The highest BCUT2D eigenvalue weighted by Gasteiger charge is 2.23. The van der Waals surface area contributed by atoms with Crippen molar-refractivity contribution < 1.29 is 14.6 Å². The summed E-state index contributed by atoms with van der Waals surface area (Å²) >= 11 is 1.55. The largest absolute Gasteiger partial charge is 0.508 e. The Morgan fingerprint density at radius 2 is 1.96 bits per heavy atom. The molecule has 5 heteroatoms. The smallest absolute Gasteiger partial charge is 0.232 e. The first kappa shape index (κ1) is 17.7. The number of hydrogen-bond donors (Lipinski definition) is 1. The zero-order valence-corrected chi connectivity index (χ0v) is 15.2. The first-order valence-corrected chi connectivity index (χ1v) is 9.48. The van der Waals surface area contributed by atoms with Gasteiger partial charge in [0.1, 0.15) is 11.5 Å². The summed E-state index contributed by atoms with van der Waals surface area (Å²) < 4.78 is 5.21. The van der Waals surface area contributed by atoms with Gasteiger partial charge in [-0.2, -0.15) is 0 Å². The summed E-state index contributed by atoms with van der Waals surface area (Å²) in [6.07, 6.45) is 1.89. The van der Waals surface area contributed by atoms with Crippen LogP contribution in [0.25, 0.3) is 0 Å². The van der Waals surface area contributed by atoms with Gasteiger partial charge in [0.05, 0.1) is 12.9 Å². The van der Waals surface area contributed by atoms with Crippen LogP contribution in [0.4, 0.5) is 0 Å². The van der Waals surface area contributed by atoms with Crippen molar-refractivity contribution in [3.63, 3.8) is 0 Å². The molecule has 2 aromatic carbocycles. The van der Waals surface area contributed by atoms with E-state index < -0.39 is 0 Å². The van der Waals surface area contributed by atoms with Gasteiger partial charge in [-0.3, -0.25) is 4.79 Å². The highest BCUT2D eigenvalue weighted by Crippen LogP contribution is 2.30. The number of rotatable bonds is 5. The molecule has 0 saturated carbocycles. The van der Waals surface area contributed by atoms with Gasteiger partial charge in [-0.1, -0.05) is 18.2 Å². The molecule has 2 aromatic rings. The van der Waals surface area contributed by atoms with Crippen LogP contribution in [0.2, 0.25) is 0 Å². The number of thioether (sulfide) groups is 1. The van der Waals surface area contributed by atoms with Gasteiger partial charge in [-0.15, -0.1) is 11.8 Å². The SMILES string of the molecule is COc1cccc(SCC(=O)N2CCC(c3cccc(O)c3)CC2)c1. The van der Waals surface area contributed by atoms with E-state index >= 15 is 0 Å². The highest BCUT2D eigenvalue weighted by molar-refractivity contribution is 8.00. The standard InChI is InChI=1S/C20H23NO3S/c1-24-18-6-3-7-19(13-18)25-14-20(23)21-10-8-15(9-11-21)16-4-2-5-17(22)12-16/h2-7,12-13,15,22H,8-11,14H2,1H3. The number of likely N-dealkylation sites (tertiary alicyclic amines) is 1. The fourth-order valence-electron chi connectivity index (χ4n) is 3.17. The number of phenols is 1. The molecule has 1 amide bonds. The number of nitrogens with zero attached hydrogens (tertiary/aromatic N) is 1. The fourth-order valence-corrected chi connectivity index (χ4v) is 4.02. The fraction of sp³-hybridized carbons (Fsp3) is 0.350. The molecule has 0 atom stereocenters. The minimum atomic E-state index is 0.183. The molecule has 1 aliphatic heterocycles. The van der Waals surface area contributed by atoms with E-state index in [2.05, 4.69) is 6.07 Å². The Morgan fingerprint density at radius 3 is 2.68 bits per heavy atom. The minimum Gasteiger partial charge on any atom is -0.508 e. The Labute approximate surface area is 152 Å². The number of piperidine rings is 1. The van der Waals surface area contributed by atoms with E-state index in [9.17, 15) is 9.90 Å². The van der Waals surface area contributed by atoms with E-state index in [1.807, 2.05) is 41.3 Å². The topological polar surface area (TPSA) is 49.8 Å². The molecular weight excluding hydrogens is 334 g/mol. The van der Waals surface area contributed by atoms with Crippen molar-refractivity contribution in [2.24, 2.45) is 0 Å². The highest BCUT2D eigenvalue weighted by atomic mass is 32.2. The summed E-state index contributed by atoms with van der Waals surface area (Å²) in [6.45, 7) is 1.55. The Balaban J connectivity index is 1.49. The van der Waals surface area contributed by atoms with E-state index in [1.165, 1.54) is 0 Å². The Bertz CT molecular complexity index is 726. The van der Waals surface area contributed by atoms with Crippen LogP contribution < -0.4 is 4.74 Å².